The third kappa shape index (κ3) is 8.32. The zero-order chi connectivity index (χ0) is 37.3. The van der Waals surface area contributed by atoms with E-state index in [1.807, 2.05) is 6.92 Å². The number of phosphoric acid groups is 1. The van der Waals surface area contributed by atoms with Crippen molar-refractivity contribution in [3.05, 3.63) is 63.1 Å². The number of hydrogen-bond donors (Lipinski definition) is 3. The van der Waals surface area contributed by atoms with E-state index in [1.54, 1.807) is 4.90 Å². The standard InChI is InChI=1S/C31H37F2N4O13P/c1-17-7-8-31(10-23(45-4)35-50-31)22-13-36(17)28(40)24-26(47-16-48-29(41)46-14-30(2,3)15-49-51(42,43)44)25(38)20(12-37(22)24)27(39)34-11-18-5-6-19(32)9-21(18)33/h5-6,9,12,17,22H,7-8,10-11,13-16H2,1-4H3,(H,34,39)(H2,42,43,44)/t17-,22+,31-/m0/s1. The number of methoxy groups -OCH3 is 1. The predicted octanol–water partition coefficient (Wildman–Crippen LogP) is 2.98. The van der Waals surface area contributed by atoms with Crippen molar-refractivity contribution in [2.75, 3.05) is 33.7 Å². The van der Waals surface area contributed by atoms with Crippen LogP contribution in [0.25, 0.3) is 0 Å². The number of carbonyl (C=O) groups is 3. The van der Waals surface area contributed by atoms with Crippen LogP contribution in [-0.4, -0.2) is 88.4 Å². The van der Waals surface area contributed by atoms with Gasteiger partial charge in [-0.2, -0.15) is 0 Å². The molecular formula is C31H37F2N4O13P. The van der Waals surface area contributed by atoms with Crippen LogP contribution in [0.1, 0.15) is 72.5 Å². The van der Waals surface area contributed by atoms with Gasteiger partial charge in [0.05, 0.1) is 26.2 Å². The molecule has 51 heavy (non-hydrogen) atoms. The molecule has 5 rings (SSSR count). The van der Waals surface area contributed by atoms with Crippen molar-refractivity contribution < 1.29 is 65.8 Å². The lowest BCUT2D eigenvalue weighted by Crippen LogP contribution is -2.52. The van der Waals surface area contributed by atoms with Gasteiger partial charge in [-0.25, -0.2) is 18.1 Å². The maximum absolute atomic E-state index is 14.3. The molecule has 1 aromatic carbocycles. The SMILES string of the molecule is COC1=NO[C@@]2(CC[C@H](C)N3C[C@H]2n2cc(C(=O)NCc4ccc(F)cc4F)c(=O)c(OCOC(=O)OCC(C)(C)COP(=O)(O)O)c2C3=O)C1. The molecule has 20 heteroatoms. The molecule has 278 valence electrons. The number of pyridine rings is 1. The Morgan fingerprint density at radius 3 is 2.61 bits per heavy atom. The Bertz CT molecular complexity index is 1850. The molecule has 3 atom stereocenters. The number of halogens is 2. The Kier molecular flexibility index (Phi) is 10.8. The second kappa shape index (κ2) is 14.6. The quantitative estimate of drug-likeness (QED) is 0.172. The van der Waals surface area contributed by atoms with Gasteiger partial charge in [0.2, 0.25) is 23.9 Å². The van der Waals surface area contributed by atoms with E-state index in [4.69, 9.17) is 33.6 Å². The number of nitrogens with one attached hydrogen (secondary N) is 1. The molecular weight excluding hydrogens is 705 g/mol. The number of benzene rings is 1. The van der Waals surface area contributed by atoms with Crippen LogP contribution in [-0.2, 0) is 34.7 Å². The number of rotatable bonds is 11. The summed E-state index contributed by atoms with van der Waals surface area (Å²) >= 11 is 0. The first-order valence-electron chi connectivity index (χ1n) is 15.7. The summed E-state index contributed by atoms with van der Waals surface area (Å²) in [6, 6.07) is 1.75. The summed E-state index contributed by atoms with van der Waals surface area (Å²) in [5.74, 6) is -3.65. The fourth-order valence-electron chi connectivity index (χ4n) is 5.98. The molecule has 2 amide bonds. The summed E-state index contributed by atoms with van der Waals surface area (Å²) in [5, 5.41) is 6.50. The van der Waals surface area contributed by atoms with E-state index in [2.05, 4.69) is 15.0 Å². The maximum atomic E-state index is 14.3. The van der Waals surface area contributed by atoms with Gasteiger partial charge in [-0.1, -0.05) is 25.1 Å². The number of aromatic nitrogens is 1. The Balaban J connectivity index is 1.45. The van der Waals surface area contributed by atoms with Gasteiger partial charge in [0.25, 0.3) is 11.8 Å². The molecule has 17 nitrogen and oxygen atoms in total. The summed E-state index contributed by atoms with van der Waals surface area (Å²) in [5.41, 5.74) is -3.98. The van der Waals surface area contributed by atoms with E-state index in [1.165, 1.54) is 31.7 Å². The minimum Gasteiger partial charge on any atom is -0.482 e. The fraction of sp³-hybridized carbons (Fsp3) is 0.516. The minimum absolute atomic E-state index is 0.0613. The van der Waals surface area contributed by atoms with Crippen LogP contribution in [0.5, 0.6) is 5.75 Å². The number of carbonyl (C=O) groups excluding carboxylic acids is 3. The summed E-state index contributed by atoms with van der Waals surface area (Å²) in [7, 11) is -3.34. The van der Waals surface area contributed by atoms with Crippen LogP contribution in [0.2, 0.25) is 0 Å². The Morgan fingerprint density at radius 2 is 1.94 bits per heavy atom. The molecule has 3 aliphatic heterocycles. The van der Waals surface area contributed by atoms with E-state index < -0.39 is 97.8 Å². The van der Waals surface area contributed by atoms with Gasteiger partial charge >= 0.3 is 14.0 Å². The predicted molar refractivity (Wildman–Crippen MR) is 170 cm³/mol. The lowest BCUT2D eigenvalue weighted by Gasteiger charge is -2.42. The molecule has 0 saturated carbocycles. The van der Waals surface area contributed by atoms with Gasteiger partial charge in [0, 0.05) is 42.4 Å². The zero-order valence-corrected chi connectivity index (χ0v) is 28.9. The zero-order valence-electron chi connectivity index (χ0n) is 28.1. The molecule has 1 spiro atoms. The molecule has 0 unspecified atom stereocenters. The van der Waals surface area contributed by atoms with Crippen LogP contribution in [0, 0.1) is 17.0 Å². The topological polar surface area (TPSA) is 214 Å². The summed E-state index contributed by atoms with van der Waals surface area (Å²) in [4.78, 5) is 79.2. The summed E-state index contributed by atoms with van der Waals surface area (Å²) in [6.07, 6.45) is 1.01. The van der Waals surface area contributed by atoms with Crippen LogP contribution >= 0.6 is 7.82 Å². The third-order valence-electron chi connectivity index (χ3n) is 8.78. The molecule has 2 aromatic rings. The van der Waals surface area contributed by atoms with Crippen molar-refractivity contribution in [3.8, 4) is 5.75 Å². The Morgan fingerprint density at radius 1 is 1.20 bits per heavy atom. The van der Waals surface area contributed by atoms with Gasteiger partial charge in [0.1, 0.15) is 23.8 Å². The highest BCUT2D eigenvalue weighted by Crippen LogP contribution is 2.46. The average Bonchev–Trinajstić information content (AvgIpc) is 3.45. The molecule has 2 bridgehead atoms. The highest BCUT2D eigenvalue weighted by atomic mass is 31.2. The highest BCUT2D eigenvalue weighted by molar-refractivity contribution is 7.46. The van der Waals surface area contributed by atoms with Gasteiger partial charge < -0.3 is 48.4 Å². The van der Waals surface area contributed by atoms with Crippen LogP contribution < -0.4 is 15.5 Å². The van der Waals surface area contributed by atoms with E-state index in [-0.39, 0.29) is 30.3 Å². The van der Waals surface area contributed by atoms with E-state index >= 15 is 0 Å². The van der Waals surface area contributed by atoms with Gasteiger partial charge in [-0.3, -0.25) is 18.9 Å². The van der Waals surface area contributed by atoms with Crippen molar-refractivity contribution in [2.24, 2.45) is 10.6 Å². The molecule has 0 radical (unpaired) electrons. The van der Waals surface area contributed by atoms with Crippen molar-refractivity contribution in [3.63, 3.8) is 0 Å². The molecule has 1 fully saturated rings. The van der Waals surface area contributed by atoms with E-state index in [0.717, 1.165) is 12.1 Å². The monoisotopic (exact) mass is 742 g/mol. The van der Waals surface area contributed by atoms with Gasteiger partial charge in [0.15, 0.2) is 11.3 Å². The molecule has 3 aliphatic rings. The van der Waals surface area contributed by atoms with E-state index in [0.29, 0.717) is 24.8 Å². The van der Waals surface area contributed by atoms with Crippen LogP contribution in [0.15, 0.2) is 34.3 Å². The first-order chi connectivity index (χ1) is 23.9. The van der Waals surface area contributed by atoms with Crippen molar-refractivity contribution in [1.29, 1.82) is 0 Å². The minimum atomic E-state index is -4.78. The second-order valence-corrected chi connectivity index (χ2v) is 14.4. The van der Waals surface area contributed by atoms with Crippen LogP contribution in [0.3, 0.4) is 0 Å². The number of nitrogens with zero attached hydrogens (tertiary/aromatic N) is 3. The number of hydrogen-bond acceptors (Lipinski definition) is 12. The smallest absolute Gasteiger partial charge is 0.482 e. The Labute approximate surface area is 289 Å². The number of ether oxygens (including phenoxy) is 4. The van der Waals surface area contributed by atoms with E-state index in [9.17, 15) is 32.5 Å². The van der Waals surface area contributed by atoms with Crippen molar-refractivity contribution in [2.45, 2.75) is 64.3 Å². The number of fused-ring (bicyclic) bond motifs is 5. The first kappa shape index (κ1) is 37.7. The highest BCUT2D eigenvalue weighted by Gasteiger charge is 2.55. The Hall–Kier alpha value is -4.58. The largest absolute Gasteiger partial charge is 0.511 e. The molecule has 1 aromatic heterocycles. The molecule has 4 heterocycles. The second-order valence-electron chi connectivity index (χ2n) is 13.1. The van der Waals surface area contributed by atoms with Crippen molar-refractivity contribution >= 4 is 31.7 Å². The molecule has 3 N–H and O–H groups in total. The number of oxime groups is 1. The molecule has 0 aliphatic carbocycles. The normalized spacial score (nSPS) is 21.3. The average molecular weight is 743 g/mol. The van der Waals surface area contributed by atoms with Gasteiger partial charge in [-0.15, -0.1) is 0 Å². The summed E-state index contributed by atoms with van der Waals surface area (Å²) < 4.78 is 65.6. The number of phosphoric ester groups is 1. The lowest BCUT2D eigenvalue weighted by molar-refractivity contribution is -0.0658. The molecule has 1 saturated heterocycles. The number of amides is 2. The third-order valence-corrected chi connectivity index (χ3v) is 9.25. The fourth-order valence-corrected chi connectivity index (χ4v) is 6.50. The van der Waals surface area contributed by atoms with Crippen molar-refractivity contribution in [1.82, 2.24) is 14.8 Å². The van der Waals surface area contributed by atoms with Gasteiger partial charge in [-0.05, 0) is 25.8 Å². The first-order valence-corrected chi connectivity index (χ1v) is 17.2. The maximum Gasteiger partial charge on any atom is 0.511 e. The summed E-state index contributed by atoms with van der Waals surface area (Å²) in [6.45, 7) is 2.71. The van der Waals surface area contributed by atoms with Crippen LogP contribution in [0.4, 0.5) is 13.6 Å². The lowest BCUT2D eigenvalue weighted by atomic mass is 9.85.